The number of nitrogens with two attached hydrogens (primary N) is 1. The van der Waals surface area contributed by atoms with Gasteiger partial charge >= 0.3 is 0 Å². The number of nitrogens with zero attached hydrogens (tertiary/aromatic N) is 2. The highest BCUT2D eigenvalue weighted by Gasteiger charge is 2.28. The summed E-state index contributed by atoms with van der Waals surface area (Å²) in [5.41, 5.74) is 3.65. The molecule has 1 aromatic rings. The van der Waals surface area contributed by atoms with Gasteiger partial charge in [0, 0.05) is 17.5 Å². The molecule has 0 spiro atoms. The Kier molecular flexibility index (Phi) is 3.71. The largest absolute Gasteiger partial charge is 0.367 e. The molecular weight excluding hydrogens is 226 g/mol. The third-order valence-electron chi connectivity index (χ3n) is 3.61. The van der Waals surface area contributed by atoms with Gasteiger partial charge in [-0.25, -0.2) is 15.8 Å². The lowest BCUT2D eigenvalue weighted by atomic mass is 10.1. The van der Waals surface area contributed by atoms with Crippen molar-refractivity contribution >= 4 is 11.6 Å². The second kappa shape index (κ2) is 5.10. The fraction of sp³-hybridized carbons (Fsp3) is 0.692. The summed E-state index contributed by atoms with van der Waals surface area (Å²) < 4.78 is 0. The fourth-order valence-electron chi connectivity index (χ4n) is 1.72. The Labute approximate surface area is 109 Å². The first-order valence-corrected chi connectivity index (χ1v) is 6.64. The van der Waals surface area contributed by atoms with Gasteiger partial charge in [-0.15, -0.1) is 0 Å². The molecule has 0 bridgehead atoms. The van der Waals surface area contributed by atoms with Crippen LogP contribution in [-0.4, -0.2) is 16.0 Å². The lowest BCUT2D eigenvalue weighted by Crippen LogP contribution is -2.24. The molecule has 0 aromatic carbocycles. The van der Waals surface area contributed by atoms with Crippen LogP contribution in [0.1, 0.15) is 50.9 Å². The van der Waals surface area contributed by atoms with Crippen molar-refractivity contribution in [3.05, 3.63) is 11.4 Å². The second-order valence-electron chi connectivity index (χ2n) is 5.50. The van der Waals surface area contributed by atoms with Crippen LogP contribution in [0, 0.1) is 12.8 Å². The minimum Gasteiger partial charge on any atom is -0.367 e. The number of aromatic nitrogens is 2. The van der Waals surface area contributed by atoms with E-state index in [0.29, 0.717) is 17.9 Å². The molecule has 100 valence electrons. The van der Waals surface area contributed by atoms with E-state index in [2.05, 4.69) is 41.5 Å². The number of nitrogen functional groups attached to an aromatic ring is 1. The number of nitrogens with one attached hydrogen (secondary N) is 2. The molecule has 5 heteroatoms. The van der Waals surface area contributed by atoms with E-state index >= 15 is 0 Å². The summed E-state index contributed by atoms with van der Waals surface area (Å²) >= 11 is 0. The molecule has 1 aromatic heterocycles. The Morgan fingerprint density at radius 2 is 1.78 bits per heavy atom. The lowest BCUT2D eigenvalue weighted by molar-refractivity contribution is 0.557. The summed E-state index contributed by atoms with van der Waals surface area (Å²) in [4.78, 5) is 9.13. The number of hydrogen-bond donors (Lipinski definition) is 3. The standard InChI is InChI=1S/C13H23N5/c1-7(2)9(4)15-11-8(3)12(18-14)17-13(16-11)10-5-6-10/h7,9-10H,5-6,14H2,1-4H3,(H2,15,16,17,18). The van der Waals surface area contributed by atoms with Crippen molar-refractivity contribution in [2.75, 3.05) is 10.7 Å². The van der Waals surface area contributed by atoms with Crippen LogP contribution < -0.4 is 16.6 Å². The molecule has 0 aliphatic heterocycles. The minimum atomic E-state index is 0.372. The van der Waals surface area contributed by atoms with Crippen LogP contribution in [0.4, 0.5) is 11.6 Å². The minimum absolute atomic E-state index is 0.372. The zero-order valence-corrected chi connectivity index (χ0v) is 11.6. The molecule has 1 heterocycles. The quantitative estimate of drug-likeness (QED) is 0.552. The topological polar surface area (TPSA) is 75.9 Å². The highest BCUT2D eigenvalue weighted by molar-refractivity contribution is 5.57. The van der Waals surface area contributed by atoms with Gasteiger partial charge in [-0.3, -0.25) is 0 Å². The van der Waals surface area contributed by atoms with Gasteiger partial charge in [0.1, 0.15) is 17.5 Å². The molecule has 0 radical (unpaired) electrons. The van der Waals surface area contributed by atoms with E-state index in [1.54, 1.807) is 0 Å². The van der Waals surface area contributed by atoms with Crippen molar-refractivity contribution in [2.24, 2.45) is 11.8 Å². The van der Waals surface area contributed by atoms with Crippen molar-refractivity contribution in [1.82, 2.24) is 9.97 Å². The SMILES string of the molecule is Cc1c(NN)nc(C2CC2)nc1NC(C)C(C)C. The number of anilines is 2. The molecule has 1 aliphatic rings. The van der Waals surface area contributed by atoms with Crippen LogP contribution in [0.25, 0.3) is 0 Å². The summed E-state index contributed by atoms with van der Waals surface area (Å²) in [6.45, 7) is 8.54. The molecule has 18 heavy (non-hydrogen) atoms. The maximum atomic E-state index is 5.53. The van der Waals surface area contributed by atoms with Gasteiger partial charge in [0.15, 0.2) is 0 Å². The first-order chi connectivity index (χ1) is 8.52. The monoisotopic (exact) mass is 249 g/mol. The molecule has 1 unspecified atom stereocenters. The molecule has 0 amide bonds. The van der Waals surface area contributed by atoms with Gasteiger partial charge in [0.25, 0.3) is 0 Å². The number of hydrazine groups is 1. The molecule has 2 rings (SSSR count). The molecule has 1 fully saturated rings. The third kappa shape index (κ3) is 2.72. The predicted molar refractivity (Wildman–Crippen MR) is 74.5 cm³/mol. The molecule has 1 saturated carbocycles. The Bertz CT molecular complexity index is 426. The van der Waals surface area contributed by atoms with Crippen LogP contribution in [0.15, 0.2) is 0 Å². The highest BCUT2D eigenvalue weighted by Crippen LogP contribution is 2.39. The summed E-state index contributed by atoms with van der Waals surface area (Å²) in [5.74, 6) is 9.15. The molecule has 0 saturated heterocycles. The Morgan fingerprint density at radius 1 is 1.17 bits per heavy atom. The van der Waals surface area contributed by atoms with Gasteiger partial charge in [-0.2, -0.15) is 0 Å². The number of rotatable bonds is 5. The molecule has 4 N–H and O–H groups in total. The third-order valence-corrected chi connectivity index (χ3v) is 3.61. The maximum absolute atomic E-state index is 5.53. The first kappa shape index (κ1) is 13.1. The summed E-state index contributed by atoms with van der Waals surface area (Å²) in [6, 6.07) is 0.372. The summed E-state index contributed by atoms with van der Waals surface area (Å²) in [6.07, 6.45) is 2.37. The average Bonchev–Trinajstić information content (AvgIpc) is 3.15. The lowest BCUT2D eigenvalue weighted by Gasteiger charge is -2.20. The average molecular weight is 249 g/mol. The maximum Gasteiger partial charge on any atom is 0.148 e. The van der Waals surface area contributed by atoms with Crippen molar-refractivity contribution in [2.45, 2.75) is 52.5 Å². The van der Waals surface area contributed by atoms with E-state index in [1.165, 1.54) is 12.8 Å². The molecule has 1 aliphatic carbocycles. The Morgan fingerprint density at radius 3 is 2.28 bits per heavy atom. The predicted octanol–water partition coefficient (Wildman–Crippen LogP) is 2.40. The Hall–Kier alpha value is -1.36. The van der Waals surface area contributed by atoms with Crippen LogP contribution >= 0.6 is 0 Å². The molecule has 5 nitrogen and oxygen atoms in total. The van der Waals surface area contributed by atoms with Crippen molar-refractivity contribution in [3.63, 3.8) is 0 Å². The summed E-state index contributed by atoms with van der Waals surface area (Å²) in [7, 11) is 0. The summed E-state index contributed by atoms with van der Waals surface area (Å²) in [5, 5.41) is 3.46. The van der Waals surface area contributed by atoms with Crippen LogP contribution in [0.2, 0.25) is 0 Å². The first-order valence-electron chi connectivity index (χ1n) is 6.64. The zero-order valence-electron chi connectivity index (χ0n) is 11.6. The van der Waals surface area contributed by atoms with Crippen LogP contribution in [-0.2, 0) is 0 Å². The highest BCUT2D eigenvalue weighted by atomic mass is 15.3. The van der Waals surface area contributed by atoms with E-state index in [0.717, 1.165) is 23.0 Å². The Balaban J connectivity index is 2.29. The second-order valence-corrected chi connectivity index (χ2v) is 5.50. The van der Waals surface area contributed by atoms with E-state index in [1.807, 2.05) is 6.92 Å². The normalized spacial score (nSPS) is 16.8. The van der Waals surface area contributed by atoms with Gasteiger partial charge in [-0.1, -0.05) is 13.8 Å². The van der Waals surface area contributed by atoms with Crippen molar-refractivity contribution < 1.29 is 0 Å². The van der Waals surface area contributed by atoms with Gasteiger partial charge in [0.05, 0.1) is 0 Å². The van der Waals surface area contributed by atoms with Gasteiger partial charge in [-0.05, 0) is 32.6 Å². The number of hydrogen-bond acceptors (Lipinski definition) is 5. The van der Waals surface area contributed by atoms with E-state index in [-0.39, 0.29) is 0 Å². The van der Waals surface area contributed by atoms with Crippen LogP contribution in [0.3, 0.4) is 0 Å². The smallest absolute Gasteiger partial charge is 0.148 e. The zero-order chi connectivity index (χ0) is 13.3. The van der Waals surface area contributed by atoms with E-state index in [9.17, 15) is 0 Å². The molecular formula is C13H23N5. The van der Waals surface area contributed by atoms with Crippen LogP contribution in [0.5, 0.6) is 0 Å². The van der Waals surface area contributed by atoms with Crippen molar-refractivity contribution in [3.8, 4) is 0 Å². The van der Waals surface area contributed by atoms with E-state index < -0.39 is 0 Å². The van der Waals surface area contributed by atoms with E-state index in [4.69, 9.17) is 5.84 Å². The van der Waals surface area contributed by atoms with Crippen molar-refractivity contribution in [1.29, 1.82) is 0 Å². The molecule has 1 atom stereocenters. The fourth-order valence-corrected chi connectivity index (χ4v) is 1.72. The van der Waals surface area contributed by atoms with Gasteiger partial charge in [0.2, 0.25) is 0 Å². The van der Waals surface area contributed by atoms with Gasteiger partial charge < -0.3 is 10.7 Å².